The van der Waals surface area contributed by atoms with Crippen molar-refractivity contribution in [2.75, 3.05) is 5.32 Å². The molecule has 0 radical (unpaired) electrons. The minimum absolute atomic E-state index is 0.0302. The number of rotatable bonds is 4. The Morgan fingerprint density at radius 2 is 1.95 bits per heavy atom. The zero-order valence-electron chi connectivity index (χ0n) is 10.9. The van der Waals surface area contributed by atoms with Gasteiger partial charge in [-0.25, -0.2) is 9.59 Å². The highest BCUT2D eigenvalue weighted by atomic mass is 16.4. The molecule has 0 aliphatic carbocycles. The van der Waals surface area contributed by atoms with E-state index < -0.39 is 12.0 Å². The number of carboxylic acid groups (broad SMARTS) is 1. The van der Waals surface area contributed by atoms with Crippen LogP contribution in [0.25, 0.3) is 0 Å². The number of hydrogen-bond acceptors (Lipinski definition) is 2. The molecule has 0 atom stereocenters. The number of aromatic nitrogens is 1. The first-order valence-corrected chi connectivity index (χ1v) is 6.08. The van der Waals surface area contributed by atoms with E-state index in [1.165, 1.54) is 0 Å². The van der Waals surface area contributed by atoms with E-state index in [2.05, 4.69) is 15.6 Å². The number of urea groups is 1. The maximum atomic E-state index is 11.7. The zero-order valence-corrected chi connectivity index (χ0v) is 10.9. The van der Waals surface area contributed by atoms with Gasteiger partial charge in [0.05, 0.1) is 5.69 Å². The lowest BCUT2D eigenvalue weighted by Gasteiger charge is -2.07. The molecule has 0 fully saturated rings. The number of anilines is 1. The summed E-state index contributed by atoms with van der Waals surface area (Å²) >= 11 is 0. The second kappa shape index (κ2) is 5.92. The van der Waals surface area contributed by atoms with E-state index in [0.29, 0.717) is 12.2 Å². The Balaban J connectivity index is 1.96. The Morgan fingerprint density at radius 3 is 2.60 bits per heavy atom. The first-order valence-electron chi connectivity index (χ1n) is 6.08. The van der Waals surface area contributed by atoms with Gasteiger partial charge in [-0.2, -0.15) is 0 Å². The number of aromatic carboxylic acids is 1. The molecule has 6 nitrogen and oxygen atoms in total. The van der Waals surface area contributed by atoms with E-state index in [1.807, 2.05) is 30.3 Å². The van der Waals surface area contributed by atoms with Crippen LogP contribution in [-0.2, 0) is 6.54 Å². The van der Waals surface area contributed by atoms with Crippen molar-refractivity contribution in [3.8, 4) is 0 Å². The highest BCUT2D eigenvalue weighted by Gasteiger charge is 2.14. The second-order valence-corrected chi connectivity index (χ2v) is 4.34. The lowest BCUT2D eigenvalue weighted by molar-refractivity contribution is 0.0692. The molecule has 0 saturated heterocycles. The standard InChI is InChI=1S/C14H15N3O3/c1-9-7-11(12(16-9)13(18)19)17-14(20)15-8-10-5-3-2-4-6-10/h2-7,16H,8H2,1H3,(H,18,19)(H2,15,17,20). The van der Waals surface area contributed by atoms with Gasteiger partial charge < -0.3 is 20.7 Å². The number of benzene rings is 1. The van der Waals surface area contributed by atoms with Gasteiger partial charge in [0, 0.05) is 12.2 Å². The number of carbonyl (C=O) groups is 2. The third kappa shape index (κ3) is 3.38. The molecule has 20 heavy (non-hydrogen) atoms. The number of aromatic amines is 1. The van der Waals surface area contributed by atoms with Crippen LogP contribution in [0.3, 0.4) is 0 Å². The number of aryl methyl sites for hydroxylation is 1. The van der Waals surface area contributed by atoms with Crippen LogP contribution in [-0.4, -0.2) is 22.1 Å². The molecule has 4 N–H and O–H groups in total. The van der Waals surface area contributed by atoms with Crippen LogP contribution in [0.5, 0.6) is 0 Å². The molecule has 1 aromatic carbocycles. The third-order valence-electron chi connectivity index (χ3n) is 2.71. The summed E-state index contributed by atoms with van der Waals surface area (Å²) in [5.41, 5.74) is 1.85. The molecule has 1 aromatic heterocycles. The number of nitrogens with one attached hydrogen (secondary N) is 3. The van der Waals surface area contributed by atoms with Gasteiger partial charge in [0.2, 0.25) is 0 Å². The van der Waals surface area contributed by atoms with Crippen molar-refractivity contribution >= 4 is 17.7 Å². The minimum Gasteiger partial charge on any atom is -0.477 e. The highest BCUT2D eigenvalue weighted by molar-refractivity contribution is 5.99. The SMILES string of the molecule is Cc1cc(NC(=O)NCc2ccccc2)c(C(=O)O)[nH]1. The predicted octanol–water partition coefficient (Wildman–Crippen LogP) is 2.34. The van der Waals surface area contributed by atoms with E-state index in [1.54, 1.807) is 13.0 Å². The van der Waals surface area contributed by atoms with Gasteiger partial charge in [0.25, 0.3) is 0 Å². The smallest absolute Gasteiger partial charge is 0.354 e. The summed E-state index contributed by atoms with van der Waals surface area (Å²) in [5, 5.41) is 14.2. The van der Waals surface area contributed by atoms with Crippen molar-refractivity contribution in [1.82, 2.24) is 10.3 Å². The monoisotopic (exact) mass is 273 g/mol. The number of carboxylic acids is 1. The molecule has 2 amide bonds. The summed E-state index contributed by atoms with van der Waals surface area (Å²) in [6, 6.07) is 10.6. The van der Waals surface area contributed by atoms with Crippen molar-refractivity contribution in [3.63, 3.8) is 0 Å². The summed E-state index contributed by atoms with van der Waals surface area (Å²) in [7, 11) is 0. The Kier molecular flexibility index (Phi) is 4.05. The minimum atomic E-state index is -1.11. The maximum absolute atomic E-state index is 11.7. The fraction of sp³-hybridized carbons (Fsp3) is 0.143. The Labute approximate surface area is 115 Å². The molecule has 0 bridgehead atoms. The molecular formula is C14H15N3O3. The van der Waals surface area contributed by atoms with Crippen LogP contribution in [0.15, 0.2) is 36.4 Å². The lowest BCUT2D eigenvalue weighted by Crippen LogP contribution is -2.28. The normalized spacial score (nSPS) is 10.1. The van der Waals surface area contributed by atoms with E-state index in [0.717, 1.165) is 5.56 Å². The Bertz CT molecular complexity index is 620. The van der Waals surface area contributed by atoms with Gasteiger partial charge >= 0.3 is 12.0 Å². The van der Waals surface area contributed by atoms with E-state index in [9.17, 15) is 9.59 Å². The number of H-pyrrole nitrogens is 1. The van der Waals surface area contributed by atoms with Gasteiger partial charge in [0.15, 0.2) is 0 Å². The van der Waals surface area contributed by atoms with E-state index in [4.69, 9.17) is 5.11 Å². The van der Waals surface area contributed by atoms with Crippen molar-refractivity contribution in [2.45, 2.75) is 13.5 Å². The Hall–Kier alpha value is -2.76. The molecule has 1 heterocycles. The van der Waals surface area contributed by atoms with E-state index in [-0.39, 0.29) is 11.4 Å². The quantitative estimate of drug-likeness (QED) is 0.688. The first-order chi connectivity index (χ1) is 9.56. The highest BCUT2D eigenvalue weighted by Crippen LogP contribution is 2.16. The molecule has 0 saturated carbocycles. The topological polar surface area (TPSA) is 94.2 Å². The van der Waals surface area contributed by atoms with Crippen molar-refractivity contribution in [2.24, 2.45) is 0 Å². The average Bonchev–Trinajstić information content (AvgIpc) is 2.79. The molecule has 6 heteroatoms. The van der Waals surface area contributed by atoms with Crippen LogP contribution in [0.2, 0.25) is 0 Å². The number of hydrogen-bond donors (Lipinski definition) is 4. The van der Waals surface area contributed by atoms with Gasteiger partial charge in [-0.05, 0) is 18.6 Å². The van der Waals surface area contributed by atoms with Gasteiger partial charge in [-0.3, -0.25) is 0 Å². The maximum Gasteiger partial charge on any atom is 0.354 e. The first kappa shape index (κ1) is 13.7. The third-order valence-corrected chi connectivity index (χ3v) is 2.71. The van der Waals surface area contributed by atoms with Crippen molar-refractivity contribution in [1.29, 1.82) is 0 Å². The predicted molar refractivity (Wildman–Crippen MR) is 74.8 cm³/mol. The second-order valence-electron chi connectivity index (χ2n) is 4.34. The Morgan fingerprint density at radius 1 is 1.25 bits per heavy atom. The van der Waals surface area contributed by atoms with Crippen LogP contribution in [0, 0.1) is 6.92 Å². The van der Waals surface area contributed by atoms with Gasteiger partial charge in [-0.1, -0.05) is 30.3 Å². The van der Waals surface area contributed by atoms with Crippen LogP contribution in [0.4, 0.5) is 10.5 Å². The lowest BCUT2D eigenvalue weighted by atomic mass is 10.2. The van der Waals surface area contributed by atoms with E-state index >= 15 is 0 Å². The summed E-state index contributed by atoms with van der Waals surface area (Å²) in [6.45, 7) is 2.10. The van der Waals surface area contributed by atoms with Gasteiger partial charge in [0.1, 0.15) is 5.69 Å². The van der Waals surface area contributed by atoms with Crippen molar-refractivity contribution in [3.05, 3.63) is 53.3 Å². The molecule has 104 valence electrons. The molecule has 2 aromatic rings. The average molecular weight is 273 g/mol. The number of carbonyl (C=O) groups excluding carboxylic acids is 1. The fourth-order valence-corrected chi connectivity index (χ4v) is 1.80. The van der Waals surface area contributed by atoms with Crippen LogP contribution >= 0.6 is 0 Å². The summed E-state index contributed by atoms with van der Waals surface area (Å²) in [5.74, 6) is -1.11. The molecule has 0 aliphatic rings. The van der Waals surface area contributed by atoms with Crippen LogP contribution < -0.4 is 10.6 Å². The number of amides is 2. The van der Waals surface area contributed by atoms with Crippen LogP contribution in [0.1, 0.15) is 21.7 Å². The molecular weight excluding hydrogens is 258 g/mol. The summed E-state index contributed by atoms with van der Waals surface area (Å²) in [6.07, 6.45) is 0. The van der Waals surface area contributed by atoms with Crippen molar-refractivity contribution < 1.29 is 14.7 Å². The van der Waals surface area contributed by atoms with Gasteiger partial charge in [-0.15, -0.1) is 0 Å². The molecule has 0 spiro atoms. The molecule has 2 rings (SSSR count). The summed E-state index contributed by atoms with van der Waals surface area (Å²) in [4.78, 5) is 25.4. The molecule has 0 unspecified atom stereocenters. The molecule has 0 aliphatic heterocycles. The fourth-order valence-electron chi connectivity index (χ4n) is 1.80. The zero-order chi connectivity index (χ0) is 14.5. The summed E-state index contributed by atoms with van der Waals surface area (Å²) < 4.78 is 0. The largest absolute Gasteiger partial charge is 0.477 e.